The first-order valence-corrected chi connectivity index (χ1v) is 5.88. The van der Waals surface area contributed by atoms with E-state index in [4.69, 9.17) is 5.11 Å². The summed E-state index contributed by atoms with van der Waals surface area (Å²) in [5.74, 6) is -1.97. The number of carboxylic acid groups (broad SMARTS) is 1. The van der Waals surface area contributed by atoms with Crippen molar-refractivity contribution in [1.82, 2.24) is 0 Å². The third-order valence-electron chi connectivity index (χ3n) is 2.66. The zero-order valence-corrected chi connectivity index (χ0v) is 11.7. The minimum Gasteiger partial charge on any atom is -0.481 e. The Hall–Kier alpha value is -0.980. The number of aliphatic carboxylic acids is 1. The molecule has 0 aliphatic heterocycles. The summed E-state index contributed by atoms with van der Waals surface area (Å²) in [7, 11) is 4.75. The second kappa shape index (κ2) is 5.77. The van der Waals surface area contributed by atoms with E-state index in [1.807, 2.05) is 0 Å². The highest BCUT2D eigenvalue weighted by Crippen LogP contribution is 2.25. The highest BCUT2D eigenvalue weighted by molar-refractivity contribution is 5.91. The van der Waals surface area contributed by atoms with Crippen molar-refractivity contribution in [3.05, 3.63) is 0 Å². The van der Waals surface area contributed by atoms with Gasteiger partial charge in [-0.2, -0.15) is 0 Å². The van der Waals surface area contributed by atoms with Crippen molar-refractivity contribution < 1.29 is 29.4 Å². The van der Waals surface area contributed by atoms with Crippen LogP contribution in [-0.2, 0) is 9.59 Å². The second-order valence-electron chi connectivity index (χ2n) is 6.01. The maximum atomic E-state index is 12.0. The van der Waals surface area contributed by atoms with Crippen molar-refractivity contribution in [2.24, 2.45) is 5.92 Å². The summed E-state index contributed by atoms with van der Waals surface area (Å²) in [5, 5.41) is 29.2. The zero-order chi connectivity index (χ0) is 14.7. The first kappa shape index (κ1) is 17.0. The minimum atomic E-state index is -2.26. The van der Waals surface area contributed by atoms with Crippen molar-refractivity contribution in [2.75, 3.05) is 21.1 Å². The van der Waals surface area contributed by atoms with Gasteiger partial charge in [-0.15, -0.1) is 0 Å². The molecule has 0 rings (SSSR count). The molecule has 0 radical (unpaired) electrons. The van der Waals surface area contributed by atoms with Gasteiger partial charge in [-0.3, -0.25) is 9.59 Å². The number of nitrogens with zero attached hydrogens (tertiary/aromatic N) is 1. The van der Waals surface area contributed by atoms with E-state index in [0.29, 0.717) is 0 Å². The van der Waals surface area contributed by atoms with E-state index in [2.05, 4.69) is 0 Å². The monoisotopic (exact) mass is 262 g/mol. The van der Waals surface area contributed by atoms with Gasteiger partial charge in [-0.1, -0.05) is 13.8 Å². The summed E-state index contributed by atoms with van der Waals surface area (Å²) >= 11 is 0. The summed E-state index contributed by atoms with van der Waals surface area (Å²) in [4.78, 5) is 22.8. The molecule has 3 N–H and O–H groups in total. The molecule has 0 aliphatic carbocycles. The molecule has 0 amide bonds. The lowest BCUT2D eigenvalue weighted by molar-refractivity contribution is -0.925. The number of ketones is 1. The Kier molecular flexibility index (Phi) is 5.46. The van der Waals surface area contributed by atoms with Crippen molar-refractivity contribution in [3.63, 3.8) is 0 Å². The molecule has 0 saturated heterocycles. The van der Waals surface area contributed by atoms with Crippen LogP contribution in [0.2, 0.25) is 0 Å². The fourth-order valence-electron chi connectivity index (χ4n) is 1.75. The van der Waals surface area contributed by atoms with Crippen molar-refractivity contribution in [2.45, 2.75) is 38.5 Å². The molecule has 2 atom stereocenters. The summed E-state index contributed by atoms with van der Waals surface area (Å²) in [6.07, 6.45) is -2.25. The Labute approximate surface area is 107 Å². The van der Waals surface area contributed by atoms with Crippen LogP contribution in [0.5, 0.6) is 0 Å². The Morgan fingerprint density at radius 3 is 1.94 bits per heavy atom. The van der Waals surface area contributed by atoms with Gasteiger partial charge in [-0.05, 0) is 5.92 Å². The molecule has 6 nitrogen and oxygen atoms in total. The molecule has 18 heavy (non-hydrogen) atoms. The fourth-order valence-corrected chi connectivity index (χ4v) is 1.75. The minimum absolute atomic E-state index is 0.0162. The Bertz CT molecular complexity index is 321. The first-order chi connectivity index (χ1) is 7.91. The molecule has 0 saturated carbocycles. The van der Waals surface area contributed by atoms with E-state index in [1.165, 1.54) is 0 Å². The molecule has 0 aromatic rings. The molecule has 0 aromatic carbocycles. The molecule has 0 aliphatic rings. The van der Waals surface area contributed by atoms with Crippen LogP contribution in [0.4, 0.5) is 0 Å². The van der Waals surface area contributed by atoms with E-state index < -0.39 is 30.0 Å². The number of aliphatic hydroxyl groups excluding tert-OH is 1. The highest BCUT2D eigenvalue weighted by atomic mass is 16.4. The van der Waals surface area contributed by atoms with Crippen LogP contribution in [0.3, 0.4) is 0 Å². The first-order valence-electron chi connectivity index (χ1n) is 5.88. The number of quaternary nitrogens is 1. The number of carboxylic acids is 1. The number of carbonyl (C=O) groups is 2. The maximum absolute atomic E-state index is 12.0. The molecule has 0 heterocycles. The molecular formula is C12H24NO5+. The van der Waals surface area contributed by atoms with Crippen molar-refractivity contribution in [1.29, 1.82) is 0 Å². The Morgan fingerprint density at radius 2 is 1.67 bits per heavy atom. The summed E-state index contributed by atoms with van der Waals surface area (Å²) in [5.41, 5.74) is -2.26. The molecule has 106 valence electrons. The predicted molar refractivity (Wildman–Crippen MR) is 65.7 cm³/mol. The maximum Gasteiger partial charge on any atom is 0.307 e. The summed E-state index contributed by atoms with van der Waals surface area (Å²) < 4.78 is -0.117. The summed E-state index contributed by atoms with van der Waals surface area (Å²) in [6, 6.07) is 0. The van der Waals surface area contributed by atoms with E-state index >= 15 is 0 Å². The molecule has 6 heteroatoms. The summed E-state index contributed by atoms with van der Waals surface area (Å²) in [6.45, 7) is 3.58. The van der Waals surface area contributed by atoms with Crippen LogP contribution < -0.4 is 0 Å². The van der Waals surface area contributed by atoms with Crippen LogP contribution in [0.1, 0.15) is 26.7 Å². The van der Waals surface area contributed by atoms with Crippen molar-refractivity contribution in [3.8, 4) is 0 Å². The molecule has 0 bridgehead atoms. The standard InChI is InChI=1S/C12H23NO5/c1-8(2)6-9(14)12(18,7-10(15)16)11(17)13(3,4)5/h8,11,17-18H,6-7H2,1-5H3/p+1/t11?,12-/m0/s1. The molecule has 0 fully saturated rings. The number of aliphatic hydroxyl groups is 2. The van der Waals surface area contributed by atoms with E-state index in [-0.39, 0.29) is 16.8 Å². The van der Waals surface area contributed by atoms with Crippen LogP contribution in [0, 0.1) is 5.92 Å². The molecule has 1 unspecified atom stereocenters. The normalized spacial score (nSPS) is 17.3. The van der Waals surface area contributed by atoms with Gasteiger partial charge in [0.2, 0.25) is 11.8 Å². The SMILES string of the molecule is CC(C)CC(=O)[C@@](O)(CC(=O)O)C(O)[N+](C)(C)C. The lowest BCUT2D eigenvalue weighted by atomic mass is 9.86. The van der Waals surface area contributed by atoms with Gasteiger partial charge in [0.15, 0.2) is 5.78 Å². The van der Waals surface area contributed by atoms with Crippen LogP contribution in [0.25, 0.3) is 0 Å². The van der Waals surface area contributed by atoms with E-state index in [0.717, 1.165) is 0 Å². The number of likely N-dealkylation sites (N-methyl/N-ethyl adjacent to an activating group) is 1. The second-order valence-corrected chi connectivity index (χ2v) is 6.01. The average Bonchev–Trinajstić information content (AvgIpc) is 2.12. The third kappa shape index (κ3) is 4.36. The zero-order valence-electron chi connectivity index (χ0n) is 11.7. The van der Waals surface area contributed by atoms with Gasteiger partial charge in [-0.25, -0.2) is 0 Å². The van der Waals surface area contributed by atoms with Gasteiger partial charge in [0.1, 0.15) is 0 Å². The quantitative estimate of drug-likeness (QED) is 0.437. The number of carbonyl (C=O) groups excluding carboxylic acids is 1. The number of rotatable bonds is 7. The van der Waals surface area contributed by atoms with Gasteiger partial charge < -0.3 is 19.8 Å². The van der Waals surface area contributed by atoms with Gasteiger partial charge in [0, 0.05) is 6.42 Å². The van der Waals surface area contributed by atoms with Gasteiger partial charge in [0.05, 0.1) is 27.6 Å². The molecule has 0 aromatic heterocycles. The predicted octanol–water partition coefficient (Wildman–Crippen LogP) is -0.168. The third-order valence-corrected chi connectivity index (χ3v) is 2.66. The van der Waals surface area contributed by atoms with Gasteiger partial charge in [0.25, 0.3) is 0 Å². The Morgan fingerprint density at radius 1 is 1.22 bits per heavy atom. The lowest BCUT2D eigenvalue weighted by Crippen LogP contribution is -2.63. The Balaban J connectivity index is 5.30. The van der Waals surface area contributed by atoms with E-state index in [9.17, 15) is 19.8 Å². The molecular weight excluding hydrogens is 238 g/mol. The smallest absolute Gasteiger partial charge is 0.307 e. The van der Waals surface area contributed by atoms with E-state index in [1.54, 1.807) is 35.0 Å². The fraction of sp³-hybridized carbons (Fsp3) is 0.833. The molecule has 0 spiro atoms. The van der Waals surface area contributed by atoms with Crippen LogP contribution >= 0.6 is 0 Å². The number of hydrogen-bond acceptors (Lipinski definition) is 4. The largest absolute Gasteiger partial charge is 0.481 e. The van der Waals surface area contributed by atoms with Gasteiger partial charge >= 0.3 is 5.97 Å². The highest BCUT2D eigenvalue weighted by Gasteiger charge is 2.51. The van der Waals surface area contributed by atoms with Crippen LogP contribution in [0.15, 0.2) is 0 Å². The number of Topliss-reactive ketones (excluding diaryl/α,β-unsaturated/α-hetero) is 1. The average molecular weight is 262 g/mol. The topological polar surface area (TPSA) is 94.8 Å². The van der Waals surface area contributed by atoms with Crippen LogP contribution in [-0.4, -0.2) is 64.5 Å². The number of hydrogen-bond donors (Lipinski definition) is 3. The lowest BCUT2D eigenvalue weighted by Gasteiger charge is -2.39. The van der Waals surface area contributed by atoms with Crippen molar-refractivity contribution >= 4 is 11.8 Å².